The van der Waals surface area contributed by atoms with E-state index in [0.717, 1.165) is 11.1 Å². The zero-order chi connectivity index (χ0) is 11.7. The summed E-state index contributed by atoms with van der Waals surface area (Å²) in [6.45, 7) is 6.06. The van der Waals surface area contributed by atoms with E-state index < -0.39 is 0 Å². The second kappa shape index (κ2) is 7.80. The van der Waals surface area contributed by atoms with Crippen LogP contribution in [0.25, 0.3) is 5.57 Å². The number of hydrogen-bond donors (Lipinski definition) is 1. The first-order valence-electron chi connectivity index (χ1n) is 5.19. The van der Waals surface area contributed by atoms with Crippen LogP contribution in [0.5, 0.6) is 0 Å². The molecule has 0 atom stereocenters. The monoisotopic (exact) mass is 204 g/mol. The Morgan fingerprint density at radius 3 is 2.47 bits per heavy atom. The van der Waals surface area contributed by atoms with Gasteiger partial charge >= 0.3 is 0 Å². The first-order valence-corrected chi connectivity index (χ1v) is 5.19. The Morgan fingerprint density at radius 1 is 1.33 bits per heavy atom. The molecule has 0 spiro atoms. The Morgan fingerprint density at radius 2 is 2.00 bits per heavy atom. The van der Waals surface area contributed by atoms with Gasteiger partial charge < -0.3 is 5.73 Å². The van der Waals surface area contributed by atoms with E-state index in [4.69, 9.17) is 5.73 Å². The van der Waals surface area contributed by atoms with Gasteiger partial charge in [-0.05, 0) is 12.5 Å². The minimum atomic E-state index is 0.950. The van der Waals surface area contributed by atoms with Crippen LogP contribution in [0.15, 0.2) is 35.5 Å². The molecule has 15 heavy (non-hydrogen) atoms. The summed E-state index contributed by atoms with van der Waals surface area (Å²) >= 11 is 0. The number of nitrogens with two attached hydrogens (primary N) is 1. The minimum absolute atomic E-state index is 0.950. The van der Waals surface area contributed by atoms with Gasteiger partial charge in [-0.1, -0.05) is 43.7 Å². The van der Waals surface area contributed by atoms with Crippen LogP contribution in [0.4, 0.5) is 0 Å². The van der Waals surface area contributed by atoms with Crippen molar-refractivity contribution in [3.8, 4) is 0 Å². The Hall–Kier alpha value is -1.57. The predicted molar refractivity (Wildman–Crippen MR) is 69.1 cm³/mol. The first kappa shape index (κ1) is 13.4. The molecule has 0 saturated carbocycles. The zero-order valence-corrected chi connectivity index (χ0v) is 9.99. The molecule has 0 saturated heterocycles. The molecule has 0 unspecified atom stereocenters. The summed E-state index contributed by atoms with van der Waals surface area (Å²) in [7, 11) is 1.74. The SMILES string of the molecule is CC.CN=C/C(=C\N)c1cccc(C)c1. The fourth-order valence-corrected chi connectivity index (χ4v) is 1.18. The van der Waals surface area contributed by atoms with Crippen LogP contribution in [0, 0.1) is 6.92 Å². The molecule has 0 aliphatic rings. The summed E-state index contributed by atoms with van der Waals surface area (Å²) in [5, 5.41) is 0. The smallest absolute Gasteiger partial charge is 0.0301 e. The number of allylic oxidation sites excluding steroid dienone is 1. The highest BCUT2D eigenvalue weighted by Gasteiger charge is 1.96. The molecule has 0 radical (unpaired) electrons. The van der Waals surface area contributed by atoms with Crippen molar-refractivity contribution in [2.45, 2.75) is 20.8 Å². The molecular weight excluding hydrogens is 184 g/mol. The largest absolute Gasteiger partial charge is 0.404 e. The van der Waals surface area contributed by atoms with Crippen LogP contribution in [-0.4, -0.2) is 13.3 Å². The maximum Gasteiger partial charge on any atom is 0.0301 e. The number of aryl methyl sites for hydroxylation is 1. The quantitative estimate of drug-likeness (QED) is 0.739. The molecule has 0 fully saturated rings. The van der Waals surface area contributed by atoms with Gasteiger partial charge in [0.15, 0.2) is 0 Å². The number of benzene rings is 1. The molecule has 2 heteroatoms. The van der Waals surface area contributed by atoms with Crippen LogP contribution < -0.4 is 5.73 Å². The van der Waals surface area contributed by atoms with E-state index in [9.17, 15) is 0 Å². The number of aliphatic imine (C=N–C) groups is 1. The summed E-state index contributed by atoms with van der Waals surface area (Å²) in [5.74, 6) is 0. The zero-order valence-electron chi connectivity index (χ0n) is 9.99. The van der Waals surface area contributed by atoms with Crippen molar-refractivity contribution in [1.29, 1.82) is 0 Å². The van der Waals surface area contributed by atoms with Crippen LogP contribution in [0.3, 0.4) is 0 Å². The third kappa shape index (κ3) is 4.45. The fourth-order valence-electron chi connectivity index (χ4n) is 1.18. The molecule has 1 aromatic rings. The van der Waals surface area contributed by atoms with Crippen molar-refractivity contribution in [1.82, 2.24) is 0 Å². The highest BCUT2D eigenvalue weighted by molar-refractivity contribution is 6.09. The highest BCUT2D eigenvalue weighted by Crippen LogP contribution is 2.12. The molecule has 0 bridgehead atoms. The topological polar surface area (TPSA) is 38.4 Å². The van der Waals surface area contributed by atoms with Crippen molar-refractivity contribution >= 4 is 11.8 Å². The molecule has 0 aliphatic carbocycles. The summed E-state index contributed by atoms with van der Waals surface area (Å²) in [4.78, 5) is 3.94. The van der Waals surface area contributed by atoms with E-state index in [-0.39, 0.29) is 0 Å². The molecule has 82 valence electrons. The third-order valence-corrected chi connectivity index (χ3v) is 1.80. The standard InChI is InChI=1S/C11H14N2.C2H6/c1-9-4-3-5-10(6-9)11(7-12)8-13-2;1-2/h3-8H,12H2,1-2H3;1-2H3/b11-7+,13-8?;. The lowest BCUT2D eigenvalue weighted by Gasteiger charge is -2.01. The van der Waals surface area contributed by atoms with Gasteiger partial charge in [0.25, 0.3) is 0 Å². The van der Waals surface area contributed by atoms with E-state index in [1.54, 1.807) is 19.5 Å². The van der Waals surface area contributed by atoms with Gasteiger partial charge in [-0.15, -0.1) is 0 Å². The summed E-state index contributed by atoms with van der Waals surface area (Å²) in [6, 6.07) is 8.17. The van der Waals surface area contributed by atoms with E-state index in [1.165, 1.54) is 5.56 Å². The van der Waals surface area contributed by atoms with E-state index >= 15 is 0 Å². The van der Waals surface area contributed by atoms with Gasteiger partial charge in [-0.2, -0.15) is 0 Å². The molecule has 2 N–H and O–H groups in total. The Labute approximate surface area is 92.5 Å². The molecule has 1 rings (SSSR count). The average molecular weight is 204 g/mol. The van der Waals surface area contributed by atoms with Crippen molar-refractivity contribution in [2.24, 2.45) is 10.7 Å². The Bertz CT molecular complexity index is 338. The van der Waals surface area contributed by atoms with Crippen molar-refractivity contribution in [3.05, 3.63) is 41.6 Å². The maximum atomic E-state index is 5.49. The summed E-state index contributed by atoms with van der Waals surface area (Å²) in [6.07, 6.45) is 3.33. The van der Waals surface area contributed by atoms with Gasteiger partial charge in [-0.3, -0.25) is 4.99 Å². The van der Waals surface area contributed by atoms with Crippen LogP contribution in [0.1, 0.15) is 25.0 Å². The van der Waals surface area contributed by atoms with Crippen molar-refractivity contribution in [2.75, 3.05) is 7.05 Å². The lowest BCUT2D eigenvalue weighted by atomic mass is 10.1. The predicted octanol–water partition coefficient (Wildman–Crippen LogP) is 3.02. The minimum Gasteiger partial charge on any atom is -0.404 e. The molecule has 1 aromatic carbocycles. The van der Waals surface area contributed by atoms with Gasteiger partial charge in [0.05, 0.1) is 0 Å². The number of rotatable bonds is 2. The van der Waals surface area contributed by atoms with Crippen LogP contribution in [-0.2, 0) is 0 Å². The van der Waals surface area contributed by atoms with Crippen molar-refractivity contribution < 1.29 is 0 Å². The van der Waals surface area contributed by atoms with Crippen LogP contribution >= 0.6 is 0 Å². The van der Waals surface area contributed by atoms with E-state index in [1.807, 2.05) is 26.0 Å². The van der Waals surface area contributed by atoms with E-state index in [0.29, 0.717) is 0 Å². The molecule has 0 aromatic heterocycles. The third-order valence-electron chi connectivity index (χ3n) is 1.80. The van der Waals surface area contributed by atoms with Gasteiger partial charge in [0, 0.05) is 25.0 Å². The molecule has 0 aliphatic heterocycles. The first-order chi connectivity index (χ1) is 7.27. The van der Waals surface area contributed by atoms with E-state index in [2.05, 4.69) is 24.0 Å². The number of nitrogens with zero attached hydrogens (tertiary/aromatic N) is 1. The Kier molecular flexibility index (Phi) is 6.98. The molecule has 0 heterocycles. The molecular formula is C13H20N2. The highest BCUT2D eigenvalue weighted by atomic mass is 14.6. The van der Waals surface area contributed by atoms with Gasteiger partial charge in [0.1, 0.15) is 0 Å². The van der Waals surface area contributed by atoms with Gasteiger partial charge in [-0.25, -0.2) is 0 Å². The lowest BCUT2D eigenvalue weighted by Crippen LogP contribution is -1.91. The van der Waals surface area contributed by atoms with Crippen molar-refractivity contribution in [3.63, 3.8) is 0 Å². The summed E-state index contributed by atoms with van der Waals surface area (Å²) in [5.41, 5.74) is 8.77. The normalized spacial score (nSPS) is 11.1. The average Bonchev–Trinajstić information content (AvgIpc) is 2.28. The second-order valence-electron chi connectivity index (χ2n) is 2.88. The molecule has 2 nitrogen and oxygen atoms in total. The fraction of sp³-hybridized carbons (Fsp3) is 0.308. The second-order valence-corrected chi connectivity index (χ2v) is 2.88. The lowest BCUT2D eigenvalue weighted by molar-refractivity contribution is 1.44. The van der Waals surface area contributed by atoms with Gasteiger partial charge in [0.2, 0.25) is 0 Å². The maximum absolute atomic E-state index is 5.49. The Balaban J connectivity index is 0.000000921. The molecule has 0 amide bonds. The van der Waals surface area contributed by atoms with Crippen LogP contribution in [0.2, 0.25) is 0 Å². The number of hydrogen-bond acceptors (Lipinski definition) is 2. The summed E-state index contributed by atoms with van der Waals surface area (Å²) < 4.78 is 0.